The highest BCUT2D eigenvalue weighted by Gasteiger charge is 2.50. The number of aromatic nitrogens is 8. The van der Waals surface area contributed by atoms with E-state index in [1.165, 1.54) is 11.5 Å². The Hall–Kier alpha value is -4.36. The molecular weight excluding hydrogens is 649 g/mol. The number of ketones is 1. The standard InChI is InChI=1S/C27H35ClFN9O9/c1-12-14(10-44-27(13(2)39,21(40)41)9-15-33-35-36-34-15)45-20(16(12)29)37-11-30-17-18(37)31-22(28)32-19(17)38(23(42)46-25(3,4)5)24(43)47-26(6,7)8/h11-12,14,16,20H,9-10H2,1-8H3,(H,40,41)(H,33,34,35,36)/t12-,14-,16+,20-,27?/m1/s1. The van der Waals surface area contributed by atoms with E-state index in [0.29, 0.717) is 4.90 Å². The predicted octanol–water partition coefficient (Wildman–Crippen LogP) is 3.21. The number of aliphatic carboxylic acids is 1. The van der Waals surface area contributed by atoms with E-state index in [-0.39, 0.29) is 17.0 Å². The highest BCUT2D eigenvalue weighted by Crippen LogP contribution is 2.39. The second-order valence-corrected chi connectivity index (χ2v) is 13.1. The van der Waals surface area contributed by atoms with Gasteiger partial charge < -0.3 is 24.1 Å². The number of carboxylic acids is 1. The first kappa shape index (κ1) is 35.5. The van der Waals surface area contributed by atoms with E-state index in [9.17, 15) is 24.3 Å². The Kier molecular flexibility index (Phi) is 9.84. The predicted molar refractivity (Wildman–Crippen MR) is 158 cm³/mol. The summed E-state index contributed by atoms with van der Waals surface area (Å²) in [5.41, 5.74) is -4.70. The minimum Gasteiger partial charge on any atom is -0.479 e. The first-order valence-corrected chi connectivity index (χ1v) is 14.7. The van der Waals surface area contributed by atoms with Crippen LogP contribution in [0, 0.1) is 5.92 Å². The van der Waals surface area contributed by atoms with Crippen LogP contribution in [-0.4, -0.2) is 105 Å². The number of Topliss-reactive ketones (excluding diaryl/α,β-unsaturated/α-hetero) is 1. The van der Waals surface area contributed by atoms with E-state index in [2.05, 4.69) is 35.6 Å². The van der Waals surface area contributed by atoms with Crippen molar-refractivity contribution < 1.29 is 47.6 Å². The summed E-state index contributed by atoms with van der Waals surface area (Å²) in [7, 11) is 0. The van der Waals surface area contributed by atoms with Crippen LogP contribution in [-0.2, 0) is 35.0 Å². The van der Waals surface area contributed by atoms with Crippen LogP contribution >= 0.6 is 11.6 Å². The topological polar surface area (TPSA) is 227 Å². The minimum atomic E-state index is -2.40. The lowest BCUT2D eigenvalue weighted by atomic mass is 9.94. The second kappa shape index (κ2) is 13.0. The number of aromatic amines is 1. The second-order valence-electron chi connectivity index (χ2n) is 12.8. The molecule has 5 atom stereocenters. The Morgan fingerprint density at radius 2 is 1.72 bits per heavy atom. The lowest BCUT2D eigenvalue weighted by Crippen LogP contribution is -2.51. The molecule has 0 radical (unpaired) electrons. The first-order chi connectivity index (χ1) is 21.7. The van der Waals surface area contributed by atoms with Crippen LogP contribution in [0.3, 0.4) is 0 Å². The number of carbonyl (C=O) groups is 4. The monoisotopic (exact) mass is 683 g/mol. The number of ether oxygens (including phenoxy) is 4. The van der Waals surface area contributed by atoms with Gasteiger partial charge in [0.05, 0.1) is 25.5 Å². The Bertz CT molecular complexity index is 1610. The molecule has 2 N–H and O–H groups in total. The Morgan fingerprint density at radius 1 is 1.11 bits per heavy atom. The summed E-state index contributed by atoms with van der Waals surface area (Å²) in [6.45, 7) is 11.6. The summed E-state index contributed by atoms with van der Waals surface area (Å²) in [5, 5.41) is 22.5. The van der Waals surface area contributed by atoms with Crippen LogP contribution in [0.25, 0.3) is 11.2 Å². The van der Waals surface area contributed by atoms with E-state index in [1.807, 2.05) is 0 Å². The molecule has 3 aromatic heterocycles. The maximum Gasteiger partial charge on any atom is 0.425 e. The van der Waals surface area contributed by atoms with Crippen molar-refractivity contribution in [2.24, 2.45) is 5.92 Å². The number of hydrogen-bond acceptors (Lipinski definition) is 14. The zero-order valence-corrected chi connectivity index (χ0v) is 27.6. The molecule has 2 amide bonds. The number of H-pyrrole nitrogens is 1. The third-order valence-electron chi connectivity index (χ3n) is 6.89. The van der Waals surface area contributed by atoms with Gasteiger partial charge in [-0.1, -0.05) is 12.1 Å². The van der Waals surface area contributed by atoms with Crippen molar-refractivity contribution in [1.82, 2.24) is 40.1 Å². The number of carbonyl (C=O) groups excluding carboxylic acids is 3. The number of fused-ring (bicyclic) bond motifs is 1. The number of imidazole rings is 1. The highest BCUT2D eigenvalue weighted by atomic mass is 35.5. The molecule has 1 aliphatic heterocycles. The fourth-order valence-corrected chi connectivity index (χ4v) is 4.76. The zero-order chi connectivity index (χ0) is 35.1. The van der Waals surface area contributed by atoms with Crippen molar-refractivity contribution in [3.8, 4) is 0 Å². The van der Waals surface area contributed by atoms with Gasteiger partial charge in [0, 0.05) is 5.92 Å². The number of nitrogens with one attached hydrogen (secondary N) is 1. The Balaban J connectivity index is 1.68. The molecule has 1 saturated heterocycles. The summed E-state index contributed by atoms with van der Waals surface area (Å²) in [5.74, 6) is -3.83. The van der Waals surface area contributed by atoms with Gasteiger partial charge in [-0.05, 0) is 60.1 Å². The van der Waals surface area contributed by atoms with Crippen LogP contribution in [0.1, 0.15) is 67.4 Å². The SMILES string of the molecule is CC(=O)C(Cc1nn[nH]n1)(OC[C@H]1O[C@@H](n2cnc3c(N(C(=O)OC(C)(C)C)C(=O)OC(C)(C)C)nc(Cl)nc32)[C@@H](F)[C@@H]1C)C(=O)O. The largest absolute Gasteiger partial charge is 0.479 e. The third-order valence-corrected chi connectivity index (χ3v) is 7.06. The lowest BCUT2D eigenvalue weighted by molar-refractivity contribution is -0.177. The molecule has 256 valence electrons. The van der Waals surface area contributed by atoms with Crippen LogP contribution in [0.15, 0.2) is 6.33 Å². The van der Waals surface area contributed by atoms with Crippen molar-refractivity contribution in [3.05, 3.63) is 17.4 Å². The smallest absolute Gasteiger partial charge is 0.425 e. The summed E-state index contributed by atoms with van der Waals surface area (Å²) < 4.78 is 39.5. The van der Waals surface area contributed by atoms with Gasteiger partial charge in [-0.3, -0.25) is 9.36 Å². The summed E-state index contributed by atoms with van der Waals surface area (Å²) in [6, 6.07) is 0. The molecule has 0 saturated carbocycles. The summed E-state index contributed by atoms with van der Waals surface area (Å²) in [4.78, 5) is 64.3. The van der Waals surface area contributed by atoms with Gasteiger partial charge in [-0.15, -0.1) is 10.2 Å². The number of imide groups is 1. The highest BCUT2D eigenvalue weighted by molar-refractivity contribution is 6.29. The van der Waals surface area contributed by atoms with Crippen LogP contribution in [0.2, 0.25) is 5.28 Å². The van der Waals surface area contributed by atoms with Gasteiger partial charge >= 0.3 is 18.2 Å². The molecule has 0 aromatic carbocycles. The summed E-state index contributed by atoms with van der Waals surface area (Å²) in [6.07, 6.45) is -5.88. The number of halogens is 2. The summed E-state index contributed by atoms with van der Waals surface area (Å²) >= 11 is 6.24. The quantitative estimate of drug-likeness (QED) is 0.244. The Labute approximate surface area is 272 Å². The van der Waals surface area contributed by atoms with E-state index in [1.54, 1.807) is 41.5 Å². The number of tetrazole rings is 1. The molecule has 1 unspecified atom stereocenters. The molecule has 4 rings (SSSR count). The van der Waals surface area contributed by atoms with Crippen molar-refractivity contribution in [1.29, 1.82) is 0 Å². The van der Waals surface area contributed by atoms with E-state index in [0.717, 1.165) is 13.3 Å². The van der Waals surface area contributed by atoms with Crippen molar-refractivity contribution in [2.75, 3.05) is 11.5 Å². The molecule has 1 aliphatic rings. The maximum absolute atomic E-state index is 15.9. The van der Waals surface area contributed by atoms with Crippen LogP contribution < -0.4 is 4.90 Å². The number of alkyl halides is 1. The van der Waals surface area contributed by atoms with Gasteiger partial charge in [-0.2, -0.15) is 20.1 Å². The number of carboxylic acid groups (broad SMARTS) is 1. The van der Waals surface area contributed by atoms with Crippen molar-refractivity contribution >= 4 is 52.5 Å². The number of hydrogen-bond donors (Lipinski definition) is 2. The van der Waals surface area contributed by atoms with E-state index < -0.39 is 89.3 Å². The number of rotatable bonds is 9. The molecule has 18 nitrogen and oxygen atoms in total. The first-order valence-electron chi connectivity index (χ1n) is 14.3. The Morgan fingerprint density at radius 3 is 2.23 bits per heavy atom. The molecule has 1 fully saturated rings. The number of amides is 2. The van der Waals surface area contributed by atoms with Crippen molar-refractivity contribution in [3.63, 3.8) is 0 Å². The van der Waals surface area contributed by atoms with Gasteiger partial charge in [0.1, 0.15) is 11.2 Å². The van der Waals surface area contributed by atoms with E-state index >= 15 is 4.39 Å². The average molecular weight is 684 g/mol. The van der Waals surface area contributed by atoms with Crippen LogP contribution in [0.5, 0.6) is 0 Å². The van der Waals surface area contributed by atoms with E-state index in [4.69, 9.17) is 30.5 Å². The molecule has 0 bridgehead atoms. The number of anilines is 1. The molecule has 4 heterocycles. The fourth-order valence-electron chi connectivity index (χ4n) is 4.60. The van der Waals surface area contributed by atoms with Gasteiger partial charge in [0.2, 0.25) is 10.9 Å². The molecule has 0 aliphatic carbocycles. The number of nitrogens with zero attached hydrogens (tertiary/aromatic N) is 8. The lowest BCUT2D eigenvalue weighted by Gasteiger charge is -2.28. The molecule has 0 spiro atoms. The van der Waals surface area contributed by atoms with Gasteiger partial charge in [-0.25, -0.2) is 23.8 Å². The molecule has 47 heavy (non-hydrogen) atoms. The molecule has 3 aromatic rings. The third kappa shape index (κ3) is 7.62. The molecule has 20 heteroatoms. The van der Waals surface area contributed by atoms with Gasteiger partial charge in [0.15, 0.2) is 41.0 Å². The van der Waals surface area contributed by atoms with Gasteiger partial charge in [0.25, 0.3) is 0 Å². The fraction of sp³-hybridized carbons (Fsp3) is 0.630. The van der Waals surface area contributed by atoms with Crippen molar-refractivity contribution in [2.45, 2.75) is 97.1 Å². The average Bonchev–Trinajstić information content (AvgIpc) is 3.65. The molecular formula is C27H35ClFN9O9. The maximum atomic E-state index is 15.9. The minimum absolute atomic E-state index is 0.0895. The van der Waals surface area contributed by atoms with Crippen LogP contribution in [0.4, 0.5) is 19.8 Å². The zero-order valence-electron chi connectivity index (χ0n) is 26.8. The normalized spacial score (nSPS) is 21.3.